The molecule has 162 valence electrons. The van der Waals surface area contributed by atoms with E-state index in [-0.39, 0.29) is 5.11 Å². The Labute approximate surface area is 188 Å². The molecule has 0 aromatic heterocycles. The Balaban J connectivity index is 1.40. The molecule has 3 N–H and O–H groups in total. The largest absolute Gasteiger partial charge is 0.494 e. The van der Waals surface area contributed by atoms with Gasteiger partial charge in [0.25, 0.3) is 0 Å². The Morgan fingerprint density at radius 3 is 2.35 bits per heavy atom. The van der Waals surface area contributed by atoms with Crippen molar-refractivity contribution in [1.82, 2.24) is 0 Å². The van der Waals surface area contributed by atoms with Crippen LogP contribution in [0.15, 0.2) is 72.8 Å². The highest BCUT2D eigenvalue weighted by Crippen LogP contribution is 2.30. The number of benzene rings is 3. The van der Waals surface area contributed by atoms with Crippen molar-refractivity contribution in [3.05, 3.63) is 78.4 Å². The van der Waals surface area contributed by atoms with Gasteiger partial charge in [0.2, 0.25) is 0 Å². The first-order chi connectivity index (χ1) is 15.2. The third kappa shape index (κ3) is 7.26. The molecule has 0 aliphatic heterocycles. The fourth-order valence-electron chi connectivity index (χ4n) is 3.16. The fourth-order valence-corrected chi connectivity index (χ4v) is 3.28. The zero-order valence-electron chi connectivity index (χ0n) is 17.4. The van der Waals surface area contributed by atoms with E-state index in [1.54, 1.807) is 0 Å². The Morgan fingerprint density at radius 1 is 0.871 bits per heavy atom. The molecule has 0 atom stereocenters. The molecule has 3 rings (SSSR count). The lowest BCUT2D eigenvalue weighted by Gasteiger charge is -2.12. The molecule has 0 heterocycles. The molecule has 0 saturated heterocycles. The first-order valence-corrected chi connectivity index (χ1v) is 10.7. The molecule has 3 aromatic rings. The lowest BCUT2D eigenvalue weighted by Crippen LogP contribution is -2.18. The number of rotatable bonds is 11. The summed E-state index contributed by atoms with van der Waals surface area (Å²) in [5.74, 6) is 1.62. The number of nitrogens with two attached hydrogens (primary N) is 1. The van der Waals surface area contributed by atoms with E-state index in [2.05, 4.69) is 5.32 Å². The van der Waals surface area contributed by atoms with Crippen molar-refractivity contribution in [2.45, 2.75) is 25.9 Å². The van der Waals surface area contributed by atoms with Crippen LogP contribution in [0.2, 0.25) is 0 Å². The van der Waals surface area contributed by atoms with Crippen molar-refractivity contribution >= 4 is 23.0 Å². The molecule has 0 radical (unpaired) electrons. The van der Waals surface area contributed by atoms with Gasteiger partial charge in [-0.25, -0.2) is 4.39 Å². The van der Waals surface area contributed by atoms with Crippen molar-refractivity contribution in [2.75, 3.05) is 18.5 Å². The van der Waals surface area contributed by atoms with E-state index in [1.165, 1.54) is 0 Å². The molecule has 0 bridgehead atoms. The maximum absolute atomic E-state index is 12.7. The van der Waals surface area contributed by atoms with Gasteiger partial charge in [0, 0.05) is 17.3 Å². The van der Waals surface area contributed by atoms with Crippen LogP contribution in [0, 0.1) is 0 Å². The topological polar surface area (TPSA) is 56.5 Å². The zero-order chi connectivity index (χ0) is 21.9. The van der Waals surface area contributed by atoms with Crippen LogP contribution in [0.3, 0.4) is 0 Å². The van der Waals surface area contributed by atoms with Crippen LogP contribution >= 0.6 is 12.2 Å². The van der Waals surface area contributed by atoms with E-state index in [1.807, 2.05) is 72.8 Å². The second-order valence-electron chi connectivity index (χ2n) is 7.10. The van der Waals surface area contributed by atoms with Gasteiger partial charge in [0.15, 0.2) is 5.11 Å². The number of hydrogen-bond donors (Lipinski definition) is 2. The molecular formula is C25H27FN2O2S. The number of para-hydroxylation sites is 1. The van der Waals surface area contributed by atoms with Gasteiger partial charge >= 0.3 is 0 Å². The van der Waals surface area contributed by atoms with Gasteiger partial charge in [-0.1, -0.05) is 48.5 Å². The van der Waals surface area contributed by atoms with Crippen LogP contribution in [0.1, 0.15) is 24.8 Å². The number of nitrogens with one attached hydrogen (secondary N) is 1. The molecule has 31 heavy (non-hydrogen) atoms. The number of ether oxygens (including phenoxy) is 2. The summed E-state index contributed by atoms with van der Waals surface area (Å²) >= 11 is 4.85. The van der Waals surface area contributed by atoms with Gasteiger partial charge in [-0.3, -0.25) is 0 Å². The van der Waals surface area contributed by atoms with Gasteiger partial charge < -0.3 is 20.5 Å². The molecule has 0 unspecified atom stereocenters. The van der Waals surface area contributed by atoms with Crippen LogP contribution in [0.4, 0.5) is 10.1 Å². The molecule has 0 spiro atoms. The van der Waals surface area contributed by atoms with Crippen molar-refractivity contribution in [2.24, 2.45) is 5.73 Å². The number of thiocarbonyl (C=S) groups is 1. The molecule has 4 nitrogen and oxygen atoms in total. The summed E-state index contributed by atoms with van der Waals surface area (Å²) in [4.78, 5) is 0. The summed E-state index contributed by atoms with van der Waals surface area (Å²) < 4.78 is 24.6. The normalized spacial score (nSPS) is 10.5. The molecule has 0 fully saturated rings. The SMILES string of the molecule is NC(=S)Nc1cccc(OCCCCCOc2ccccc2-c2ccc(CF)cc2)c1. The minimum absolute atomic E-state index is 0.232. The highest BCUT2D eigenvalue weighted by atomic mass is 32.1. The molecule has 0 aliphatic rings. The van der Waals surface area contributed by atoms with Crippen LogP contribution in [0.5, 0.6) is 11.5 Å². The van der Waals surface area contributed by atoms with Crippen LogP contribution in [0.25, 0.3) is 11.1 Å². The minimum atomic E-state index is -0.452. The maximum atomic E-state index is 12.7. The van der Waals surface area contributed by atoms with Crippen molar-refractivity contribution in [3.63, 3.8) is 0 Å². The summed E-state index contributed by atoms with van der Waals surface area (Å²) in [6, 6.07) is 23.0. The first kappa shape index (κ1) is 22.6. The van der Waals surface area contributed by atoms with Crippen molar-refractivity contribution in [1.29, 1.82) is 0 Å². The molecular weight excluding hydrogens is 411 g/mol. The monoisotopic (exact) mass is 438 g/mol. The second kappa shape index (κ2) is 11.9. The smallest absolute Gasteiger partial charge is 0.168 e. The number of anilines is 1. The van der Waals surface area contributed by atoms with E-state index in [0.717, 1.165) is 47.6 Å². The lowest BCUT2D eigenvalue weighted by molar-refractivity contribution is 0.280. The highest BCUT2D eigenvalue weighted by Gasteiger charge is 2.06. The van der Waals surface area contributed by atoms with Crippen LogP contribution in [-0.2, 0) is 6.67 Å². The van der Waals surface area contributed by atoms with Gasteiger partial charge in [0.1, 0.15) is 18.2 Å². The molecule has 0 aliphatic carbocycles. The Hall–Kier alpha value is -3.12. The summed E-state index contributed by atoms with van der Waals surface area (Å²) in [5, 5.41) is 3.13. The quantitative estimate of drug-likeness (QED) is 0.280. The predicted molar refractivity (Wildman–Crippen MR) is 128 cm³/mol. The van der Waals surface area contributed by atoms with Gasteiger partial charge in [0.05, 0.1) is 13.2 Å². The van der Waals surface area contributed by atoms with E-state index in [4.69, 9.17) is 27.4 Å². The van der Waals surface area contributed by atoms with E-state index in [9.17, 15) is 4.39 Å². The standard InChI is InChI=1S/C25H27FN2O2S/c26-18-19-11-13-20(14-12-19)23-9-2-3-10-24(23)30-16-5-1-4-15-29-22-8-6-7-21(17-22)28-25(27)31/h2-3,6-14,17H,1,4-5,15-16,18H2,(H3,27,28,31). The average Bonchev–Trinajstić information content (AvgIpc) is 2.78. The number of halogens is 1. The summed E-state index contributed by atoms with van der Waals surface area (Å²) in [5.41, 5.74) is 9.02. The number of alkyl halides is 1. The Morgan fingerprint density at radius 2 is 1.61 bits per heavy atom. The van der Waals surface area contributed by atoms with E-state index < -0.39 is 6.67 Å². The van der Waals surface area contributed by atoms with Crippen LogP contribution < -0.4 is 20.5 Å². The van der Waals surface area contributed by atoms with Crippen molar-refractivity contribution < 1.29 is 13.9 Å². The third-order valence-electron chi connectivity index (χ3n) is 4.72. The van der Waals surface area contributed by atoms with E-state index in [0.29, 0.717) is 18.8 Å². The first-order valence-electron chi connectivity index (χ1n) is 10.3. The number of unbranched alkanes of at least 4 members (excludes halogenated alkanes) is 2. The van der Waals surface area contributed by atoms with Gasteiger partial charge in [-0.05, 0) is 60.8 Å². The summed E-state index contributed by atoms with van der Waals surface area (Å²) in [6.45, 7) is 0.813. The molecule has 6 heteroatoms. The minimum Gasteiger partial charge on any atom is -0.494 e. The van der Waals surface area contributed by atoms with Crippen molar-refractivity contribution in [3.8, 4) is 22.6 Å². The molecule has 0 saturated carbocycles. The van der Waals surface area contributed by atoms with Crippen LogP contribution in [-0.4, -0.2) is 18.3 Å². The number of hydrogen-bond acceptors (Lipinski definition) is 3. The molecule has 3 aromatic carbocycles. The summed E-state index contributed by atoms with van der Waals surface area (Å²) in [6.07, 6.45) is 2.86. The summed E-state index contributed by atoms with van der Waals surface area (Å²) in [7, 11) is 0. The molecule has 0 amide bonds. The third-order valence-corrected chi connectivity index (χ3v) is 4.82. The lowest BCUT2D eigenvalue weighted by atomic mass is 10.0. The average molecular weight is 439 g/mol. The van der Waals surface area contributed by atoms with Gasteiger partial charge in [-0.15, -0.1) is 0 Å². The zero-order valence-corrected chi connectivity index (χ0v) is 18.2. The predicted octanol–water partition coefficient (Wildman–Crippen LogP) is 6.11. The van der Waals surface area contributed by atoms with E-state index >= 15 is 0 Å². The van der Waals surface area contributed by atoms with Gasteiger partial charge in [-0.2, -0.15) is 0 Å². The second-order valence-corrected chi connectivity index (χ2v) is 7.54. The Bertz CT molecular complexity index is 979. The Kier molecular flexibility index (Phi) is 8.67. The fraction of sp³-hybridized carbons (Fsp3) is 0.240. The highest BCUT2D eigenvalue weighted by molar-refractivity contribution is 7.80. The maximum Gasteiger partial charge on any atom is 0.168 e.